The molecule has 2 heterocycles. The van der Waals surface area contributed by atoms with E-state index in [0.29, 0.717) is 32.7 Å². The highest BCUT2D eigenvalue weighted by atomic mass is 16.5. The first-order valence-electron chi connectivity index (χ1n) is 15.1. The maximum atomic E-state index is 13.7. The topological polar surface area (TPSA) is 150 Å². The SMILES string of the molecule is CC[C@H](C)[C@@H]([C@@H](CC(=O)N1CCC[C@H]1[C@H](OC)[C@@H](C)C(=O)NCCO)OC)N(C)C(=O)CNC(=O)N1CCOC[C@@H]1C. The van der Waals surface area contributed by atoms with E-state index in [1.54, 1.807) is 35.8 Å². The molecule has 2 saturated heterocycles. The highest BCUT2D eigenvalue weighted by Gasteiger charge is 2.42. The summed E-state index contributed by atoms with van der Waals surface area (Å²) < 4.78 is 17.0. The van der Waals surface area contributed by atoms with Crippen LogP contribution in [0.3, 0.4) is 0 Å². The van der Waals surface area contributed by atoms with Gasteiger partial charge in [0.15, 0.2) is 0 Å². The summed E-state index contributed by atoms with van der Waals surface area (Å²) in [6, 6.07) is -1.07. The largest absolute Gasteiger partial charge is 0.395 e. The summed E-state index contributed by atoms with van der Waals surface area (Å²) in [6.45, 7) is 9.46. The third-order valence-corrected chi connectivity index (χ3v) is 8.73. The second kappa shape index (κ2) is 17.6. The lowest BCUT2D eigenvalue weighted by Gasteiger charge is -2.39. The summed E-state index contributed by atoms with van der Waals surface area (Å²) in [5, 5.41) is 14.5. The van der Waals surface area contributed by atoms with Gasteiger partial charge in [-0.2, -0.15) is 0 Å². The van der Waals surface area contributed by atoms with Crippen LogP contribution < -0.4 is 10.6 Å². The maximum Gasteiger partial charge on any atom is 0.318 e. The van der Waals surface area contributed by atoms with Gasteiger partial charge in [0.25, 0.3) is 0 Å². The molecule has 2 aliphatic rings. The van der Waals surface area contributed by atoms with Gasteiger partial charge in [-0.25, -0.2) is 4.79 Å². The number of carbonyl (C=O) groups excluding carboxylic acids is 4. The van der Waals surface area contributed by atoms with Gasteiger partial charge in [0.1, 0.15) is 0 Å². The molecule has 0 radical (unpaired) electrons. The number of likely N-dealkylation sites (N-methyl/N-ethyl adjacent to an activating group) is 1. The molecule has 0 spiro atoms. The van der Waals surface area contributed by atoms with Crippen molar-refractivity contribution in [3.8, 4) is 0 Å². The molecule has 0 saturated carbocycles. The summed E-state index contributed by atoms with van der Waals surface area (Å²) in [7, 11) is 4.77. The van der Waals surface area contributed by atoms with Crippen LogP contribution in [0.15, 0.2) is 0 Å². The molecule has 13 heteroatoms. The molecule has 2 fully saturated rings. The summed E-state index contributed by atoms with van der Waals surface area (Å²) in [4.78, 5) is 57.3. The quantitative estimate of drug-likeness (QED) is 0.246. The number of hydrogen-bond acceptors (Lipinski definition) is 8. The molecule has 7 atom stereocenters. The van der Waals surface area contributed by atoms with E-state index in [1.165, 1.54) is 7.11 Å². The summed E-state index contributed by atoms with van der Waals surface area (Å²) in [5.74, 6) is -1.14. The number of aliphatic hydroxyl groups is 1. The third-order valence-electron chi connectivity index (χ3n) is 8.73. The minimum absolute atomic E-state index is 0.0167. The molecule has 5 amide bonds. The number of morpholine rings is 1. The molecule has 2 aliphatic heterocycles. The number of methoxy groups -OCH3 is 2. The van der Waals surface area contributed by atoms with Crippen LogP contribution in [0.4, 0.5) is 4.79 Å². The predicted octanol–water partition coefficient (Wildman–Crippen LogP) is 0.446. The van der Waals surface area contributed by atoms with E-state index in [-0.39, 0.29) is 67.9 Å². The first-order valence-corrected chi connectivity index (χ1v) is 15.1. The zero-order valence-electron chi connectivity index (χ0n) is 26.5. The summed E-state index contributed by atoms with van der Waals surface area (Å²) >= 11 is 0. The van der Waals surface area contributed by atoms with Gasteiger partial charge in [0, 0.05) is 40.9 Å². The van der Waals surface area contributed by atoms with Crippen LogP contribution >= 0.6 is 0 Å². The molecular weight excluding hydrogens is 546 g/mol. The van der Waals surface area contributed by atoms with E-state index >= 15 is 0 Å². The van der Waals surface area contributed by atoms with Crippen LogP contribution in [0.2, 0.25) is 0 Å². The Morgan fingerprint density at radius 3 is 2.40 bits per heavy atom. The molecule has 0 unspecified atom stereocenters. The highest BCUT2D eigenvalue weighted by molar-refractivity contribution is 5.84. The van der Waals surface area contributed by atoms with Gasteiger partial charge >= 0.3 is 6.03 Å². The molecule has 42 heavy (non-hydrogen) atoms. The lowest BCUT2D eigenvalue weighted by atomic mass is 9.90. The lowest BCUT2D eigenvalue weighted by molar-refractivity contribution is -0.145. The van der Waals surface area contributed by atoms with Gasteiger partial charge in [-0.15, -0.1) is 0 Å². The minimum atomic E-state index is -0.580. The first-order chi connectivity index (χ1) is 20.0. The van der Waals surface area contributed by atoms with E-state index in [9.17, 15) is 19.2 Å². The molecule has 0 aromatic carbocycles. The van der Waals surface area contributed by atoms with E-state index < -0.39 is 24.2 Å². The zero-order chi connectivity index (χ0) is 31.4. The number of hydrogen-bond donors (Lipinski definition) is 3. The Balaban J connectivity index is 2.11. The van der Waals surface area contributed by atoms with E-state index in [0.717, 1.165) is 12.8 Å². The van der Waals surface area contributed by atoms with Gasteiger partial charge in [-0.05, 0) is 25.7 Å². The van der Waals surface area contributed by atoms with Crippen molar-refractivity contribution in [2.24, 2.45) is 11.8 Å². The molecule has 242 valence electrons. The number of aliphatic hydroxyl groups excluding tert-OH is 1. The Morgan fingerprint density at radius 1 is 1.10 bits per heavy atom. The van der Waals surface area contributed by atoms with Gasteiger partial charge in [-0.3, -0.25) is 14.4 Å². The van der Waals surface area contributed by atoms with Crippen molar-refractivity contribution in [3.05, 3.63) is 0 Å². The average Bonchev–Trinajstić information content (AvgIpc) is 3.47. The number of amides is 5. The summed E-state index contributed by atoms with van der Waals surface area (Å²) in [6.07, 6.45) is 1.21. The third kappa shape index (κ3) is 9.26. The number of carbonyl (C=O) groups is 4. The Bertz CT molecular complexity index is 892. The fourth-order valence-electron chi connectivity index (χ4n) is 6.07. The van der Waals surface area contributed by atoms with Crippen molar-refractivity contribution in [2.75, 3.05) is 67.3 Å². The van der Waals surface area contributed by atoms with Crippen molar-refractivity contribution in [3.63, 3.8) is 0 Å². The van der Waals surface area contributed by atoms with Crippen molar-refractivity contribution >= 4 is 23.8 Å². The Labute approximate surface area is 250 Å². The lowest BCUT2D eigenvalue weighted by Crippen LogP contribution is -2.56. The van der Waals surface area contributed by atoms with E-state index in [2.05, 4.69) is 10.6 Å². The second-order valence-corrected chi connectivity index (χ2v) is 11.4. The van der Waals surface area contributed by atoms with Gasteiger partial charge < -0.3 is 44.7 Å². The number of urea groups is 1. The Kier molecular flexibility index (Phi) is 15.0. The Hall–Kier alpha value is -2.48. The van der Waals surface area contributed by atoms with E-state index in [4.69, 9.17) is 19.3 Å². The number of ether oxygens (including phenoxy) is 3. The second-order valence-electron chi connectivity index (χ2n) is 11.4. The van der Waals surface area contributed by atoms with Gasteiger partial charge in [0.2, 0.25) is 17.7 Å². The van der Waals surface area contributed by atoms with Gasteiger partial charge in [-0.1, -0.05) is 27.2 Å². The fourth-order valence-corrected chi connectivity index (χ4v) is 6.07. The highest BCUT2D eigenvalue weighted by Crippen LogP contribution is 2.29. The predicted molar refractivity (Wildman–Crippen MR) is 157 cm³/mol. The number of rotatable bonds is 15. The fraction of sp³-hybridized carbons (Fsp3) is 0.862. The normalized spacial score (nSPS) is 22.6. The number of likely N-dealkylation sites (tertiary alicyclic amines) is 1. The molecule has 3 N–H and O–H groups in total. The average molecular weight is 600 g/mol. The van der Waals surface area contributed by atoms with Crippen LogP contribution in [-0.4, -0.2) is 141 Å². The maximum absolute atomic E-state index is 13.7. The molecule has 2 rings (SSSR count). The zero-order valence-corrected chi connectivity index (χ0v) is 26.5. The molecule has 0 aromatic rings. The van der Waals surface area contributed by atoms with Crippen molar-refractivity contribution in [2.45, 2.75) is 83.7 Å². The van der Waals surface area contributed by atoms with Crippen LogP contribution in [0, 0.1) is 11.8 Å². The standard InChI is InChI=1S/C29H53N5O8/c1-8-19(2)26(32(5)25(37)17-31-29(39)33-13-15-42-18-20(33)3)23(40-6)16-24(36)34-12-9-10-22(34)27(41-7)21(4)28(38)30-11-14-35/h19-23,26-27,35H,8-18H2,1-7H3,(H,30,38)(H,31,39)/t19-,20-,21+,22-,23+,26-,27+/m0/s1. The van der Waals surface area contributed by atoms with Crippen molar-refractivity contribution in [1.29, 1.82) is 0 Å². The van der Waals surface area contributed by atoms with Crippen LogP contribution in [0.1, 0.15) is 53.4 Å². The molecule has 0 aliphatic carbocycles. The molecule has 0 bridgehead atoms. The Morgan fingerprint density at radius 2 is 1.81 bits per heavy atom. The number of nitrogens with one attached hydrogen (secondary N) is 2. The smallest absolute Gasteiger partial charge is 0.318 e. The summed E-state index contributed by atoms with van der Waals surface area (Å²) in [5.41, 5.74) is 0. The number of nitrogens with zero attached hydrogens (tertiary/aromatic N) is 3. The first kappa shape index (κ1) is 35.7. The van der Waals surface area contributed by atoms with Crippen LogP contribution in [0.5, 0.6) is 0 Å². The van der Waals surface area contributed by atoms with Crippen molar-refractivity contribution < 1.29 is 38.5 Å². The van der Waals surface area contributed by atoms with E-state index in [1.807, 2.05) is 20.8 Å². The van der Waals surface area contributed by atoms with Crippen LogP contribution in [-0.2, 0) is 28.6 Å². The molecule has 0 aromatic heterocycles. The van der Waals surface area contributed by atoms with Crippen LogP contribution in [0.25, 0.3) is 0 Å². The van der Waals surface area contributed by atoms with Crippen molar-refractivity contribution in [1.82, 2.24) is 25.3 Å². The molecule has 13 nitrogen and oxygen atoms in total. The van der Waals surface area contributed by atoms with Gasteiger partial charge in [0.05, 0.1) is 69.0 Å². The molecular formula is C29H53N5O8. The minimum Gasteiger partial charge on any atom is -0.395 e. The monoisotopic (exact) mass is 599 g/mol.